The van der Waals surface area contributed by atoms with Crippen molar-refractivity contribution in [3.63, 3.8) is 0 Å². The summed E-state index contributed by atoms with van der Waals surface area (Å²) in [6.45, 7) is 1.62. The van der Waals surface area contributed by atoms with Gasteiger partial charge in [-0.25, -0.2) is 13.1 Å². The summed E-state index contributed by atoms with van der Waals surface area (Å²) in [7, 11) is -1.36. The SMILES string of the molecule is Cc1c(N(C)S(=O)(=O)c2ccc(Cl)c(C(=O)[O-])c2)c(=O)n(-c2ccccc2)n1C. The Morgan fingerprint density at radius 3 is 2.34 bits per heavy atom. The molecule has 29 heavy (non-hydrogen) atoms. The third-order valence-corrected chi connectivity index (χ3v) is 6.74. The van der Waals surface area contributed by atoms with Crippen LogP contribution in [0.25, 0.3) is 5.69 Å². The number of rotatable bonds is 5. The number of para-hydroxylation sites is 1. The van der Waals surface area contributed by atoms with E-state index in [2.05, 4.69) is 0 Å². The molecule has 0 saturated carbocycles. The van der Waals surface area contributed by atoms with Crippen LogP contribution in [0.5, 0.6) is 0 Å². The molecule has 0 aliphatic carbocycles. The summed E-state index contributed by atoms with van der Waals surface area (Å²) in [6, 6.07) is 12.0. The van der Waals surface area contributed by atoms with Crippen molar-refractivity contribution in [1.82, 2.24) is 9.36 Å². The number of nitrogens with zero attached hydrogens (tertiary/aromatic N) is 3. The molecule has 3 aromatic rings. The second-order valence-electron chi connectivity index (χ2n) is 6.31. The fraction of sp³-hybridized carbons (Fsp3) is 0.158. The second-order valence-corrected chi connectivity index (χ2v) is 8.69. The van der Waals surface area contributed by atoms with Crippen LogP contribution < -0.4 is 15.0 Å². The first kappa shape index (κ1) is 20.7. The number of sulfonamides is 1. The van der Waals surface area contributed by atoms with Crippen LogP contribution in [0.1, 0.15) is 16.1 Å². The maximum atomic E-state index is 13.1. The Labute approximate surface area is 172 Å². The van der Waals surface area contributed by atoms with Gasteiger partial charge in [-0.05, 0) is 37.3 Å². The van der Waals surface area contributed by atoms with Gasteiger partial charge in [0.05, 0.1) is 22.2 Å². The molecule has 0 atom stereocenters. The molecule has 2 aromatic carbocycles. The molecule has 0 radical (unpaired) electrons. The fourth-order valence-electron chi connectivity index (χ4n) is 3.02. The molecule has 152 valence electrons. The number of carboxylic acid groups (broad SMARTS) is 1. The molecule has 10 heteroatoms. The highest BCUT2D eigenvalue weighted by molar-refractivity contribution is 7.92. The molecule has 1 aromatic heterocycles. The lowest BCUT2D eigenvalue weighted by Crippen LogP contribution is -2.32. The lowest BCUT2D eigenvalue weighted by atomic mass is 10.2. The normalized spacial score (nSPS) is 11.4. The van der Waals surface area contributed by atoms with Gasteiger partial charge in [0, 0.05) is 24.7 Å². The standard InChI is InChI=1S/C19H18ClN3O5S/c1-12-17(18(24)23(21(12)2)13-7-5-4-6-8-13)22(3)29(27,28)14-9-10-16(20)15(11-14)19(25)26/h4-11H,1-3H3,(H,25,26)/p-1. The number of aromatic nitrogens is 2. The van der Waals surface area contributed by atoms with Gasteiger partial charge in [0.1, 0.15) is 5.69 Å². The zero-order chi connectivity index (χ0) is 21.5. The number of carboxylic acids is 1. The number of halogens is 1. The Hall–Kier alpha value is -3.04. The second kappa shape index (κ2) is 7.41. The molecule has 1 heterocycles. The first-order chi connectivity index (χ1) is 13.6. The summed E-state index contributed by atoms with van der Waals surface area (Å²) in [5.41, 5.74) is -0.0461. The molecular weight excluding hydrogens is 418 g/mol. The van der Waals surface area contributed by atoms with Crippen LogP contribution in [0.3, 0.4) is 0 Å². The van der Waals surface area contributed by atoms with Gasteiger partial charge in [0.15, 0.2) is 0 Å². The van der Waals surface area contributed by atoms with Crippen molar-refractivity contribution in [3.8, 4) is 5.69 Å². The quantitative estimate of drug-likeness (QED) is 0.602. The van der Waals surface area contributed by atoms with Crippen molar-refractivity contribution in [2.75, 3.05) is 11.4 Å². The van der Waals surface area contributed by atoms with E-state index in [1.165, 1.54) is 17.8 Å². The molecular formula is C19H17ClN3O5S-. The molecule has 0 saturated heterocycles. The maximum absolute atomic E-state index is 13.1. The molecule has 0 aliphatic heterocycles. The zero-order valence-corrected chi connectivity index (χ0v) is 17.4. The summed E-state index contributed by atoms with van der Waals surface area (Å²) in [5.74, 6) is -1.60. The number of hydrogen-bond acceptors (Lipinski definition) is 5. The molecule has 0 bridgehead atoms. The Balaban J connectivity index is 2.17. The van der Waals surface area contributed by atoms with Gasteiger partial charge in [-0.2, -0.15) is 0 Å². The highest BCUT2D eigenvalue weighted by atomic mass is 35.5. The number of carbonyl (C=O) groups excluding carboxylic acids is 1. The van der Waals surface area contributed by atoms with Crippen molar-refractivity contribution in [2.24, 2.45) is 7.05 Å². The van der Waals surface area contributed by atoms with E-state index in [-0.39, 0.29) is 15.6 Å². The van der Waals surface area contributed by atoms with Gasteiger partial charge in [-0.1, -0.05) is 29.8 Å². The molecule has 0 unspecified atom stereocenters. The largest absolute Gasteiger partial charge is 0.545 e. The van der Waals surface area contributed by atoms with Gasteiger partial charge in [0.2, 0.25) is 0 Å². The predicted molar refractivity (Wildman–Crippen MR) is 107 cm³/mol. The topological polar surface area (TPSA) is 104 Å². The van der Waals surface area contributed by atoms with Crippen LogP contribution >= 0.6 is 11.6 Å². The van der Waals surface area contributed by atoms with E-state index < -0.39 is 27.1 Å². The van der Waals surface area contributed by atoms with Gasteiger partial charge >= 0.3 is 0 Å². The highest BCUT2D eigenvalue weighted by Crippen LogP contribution is 2.26. The Kier molecular flexibility index (Phi) is 5.29. The molecule has 0 amide bonds. The molecule has 0 N–H and O–H groups in total. The van der Waals surface area contributed by atoms with Crippen molar-refractivity contribution < 1.29 is 18.3 Å². The predicted octanol–water partition coefficient (Wildman–Crippen LogP) is 1.33. The lowest BCUT2D eigenvalue weighted by molar-refractivity contribution is -0.255. The highest BCUT2D eigenvalue weighted by Gasteiger charge is 2.29. The Morgan fingerprint density at radius 2 is 1.76 bits per heavy atom. The lowest BCUT2D eigenvalue weighted by Gasteiger charge is -2.19. The van der Waals surface area contributed by atoms with E-state index in [4.69, 9.17) is 11.6 Å². The summed E-state index contributed by atoms with van der Waals surface area (Å²) >= 11 is 5.79. The van der Waals surface area contributed by atoms with Gasteiger partial charge < -0.3 is 9.90 Å². The van der Waals surface area contributed by atoms with E-state index >= 15 is 0 Å². The number of aromatic carboxylic acids is 1. The minimum Gasteiger partial charge on any atom is -0.545 e. The van der Waals surface area contributed by atoms with Crippen LogP contribution in [0.15, 0.2) is 58.2 Å². The third-order valence-electron chi connectivity index (χ3n) is 4.65. The number of hydrogen-bond donors (Lipinski definition) is 0. The summed E-state index contributed by atoms with van der Waals surface area (Å²) in [5, 5.41) is 11.0. The smallest absolute Gasteiger partial charge is 0.296 e. The first-order valence-corrected chi connectivity index (χ1v) is 10.2. The van der Waals surface area contributed by atoms with Crippen LogP contribution in [0.4, 0.5) is 5.69 Å². The van der Waals surface area contributed by atoms with Crippen LogP contribution in [-0.2, 0) is 17.1 Å². The van der Waals surface area contributed by atoms with Crippen molar-refractivity contribution in [3.05, 3.63) is 75.2 Å². The molecule has 3 rings (SSSR count). The zero-order valence-electron chi connectivity index (χ0n) is 15.8. The number of carbonyl (C=O) groups is 1. The van der Waals surface area contributed by atoms with Crippen molar-refractivity contribution in [2.45, 2.75) is 11.8 Å². The minimum absolute atomic E-state index is 0.0543. The molecule has 0 spiro atoms. The van der Waals surface area contributed by atoms with Crippen LogP contribution in [0.2, 0.25) is 5.02 Å². The summed E-state index contributed by atoms with van der Waals surface area (Å²) < 4.78 is 29.9. The third kappa shape index (κ3) is 3.43. The van der Waals surface area contributed by atoms with Crippen molar-refractivity contribution >= 4 is 33.3 Å². The van der Waals surface area contributed by atoms with Gasteiger partial charge in [0.25, 0.3) is 15.6 Å². The minimum atomic E-state index is -4.24. The van der Waals surface area contributed by atoms with E-state index in [1.54, 1.807) is 49.0 Å². The van der Waals surface area contributed by atoms with E-state index in [1.807, 2.05) is 0 Å². The van der Waals surface area contributed by atoms with E-state index in [0.29, 0.717) is 11.4 Å². The Morgan fingerprint density at radius 1 is 1.14 bits per heavy atom. The van der Waals surface area contributed by atoms with Crippen LogP contribution in [-0.4, -0.2) is 30.8 Å². The van der Waals surface area contributed by atoms with Gasteiger partial charge in [-0.15, -0.1) is 0 Å². The monoisotopic (exact) mass is 434 g/mol. The average Bonchev–Trinajstić information content (AvgIpc) is 2.90. The van der Waals surface area contributed by atoms with Crippen LogP contribution in [0, 0.1) is 6.92 Å². The fourth-order valence-corrected chi connectivity index (χ4v) is 4.48. The Bertz CT molecular complexity index is 1260. The van der Waals surface area contributed by atoms with E-state index in [9.17, 15) is 23.1 Å². The van der Waals surface area contributed by atoms with E-state index in [0.717, 1.165) is 16.4 Å². The maximum Gasteiger partial charge on any atom is 0.296 e. The number of anilines is 1. The number of benzene rings is 2. The van der Waals surface area contributed by atoms with Crippen molar-refractivity contribution in [1.29, 1.82) is 0 Å². The van der Waals surface area contributed by atoms with Gasteiger partial charge in [-0.3, -0.25) is 13.8 Å². The molecule has 0 aliphatic rings. The molecule has 0 fully saturated rings. The summed E-state index contributed by atoms with van der Waals surface area (Å²) in [6.07, 6.45) is 0. The molecule has 8 nitrogen and oxygen atoms in total. The first-order valence-electron chi connectivity index (χ1n) is 8.41. The average molecular weight is 435 g/mol. The summed E-state index contributed by atoms with van der Waals surface area (Å²) in [4.78, 5) is 23.9.